The molecule has 120 valence electrons. The van der Waals surface area contributed by atoms with Gasteiger partial charge in [-0.05, 0) is 16.6 Å². The quantitative estimate of drug-likeness (QED) is 0.695. The fraction of sp³-hybridized carbons (Fsp3) is 0.867. The minimum Gasteiger partial charge on any atom is -0.344 e. The lowest BCUT2D eigenvalue weighted by atomic mass is 10.2. The molecule has 0 spiro atoms. The second-order valence-corrected chi connectivity index (χ2v) is 23.7. The van der Waals surface area contributed by atoms with Crippen molar-refractivity contribution in [1.82, 2.24) is 9.30 Å². The zero-order valence-electron chi connectivity index (χ0n) is 15.8. The molecule has 0 heterocycles. The van der Waals surface area contributed by atoms with Gasteiger partial charge in [0.05, 0.1) is 0 Å². The van der Waals surface area contributed by atoms with Gasteiger partial charge in [0.2, 0.25) is 8.40 Å². The molecular weight excluding hydrogens is 292 g/mol. The van der Waals surface area contributed by atoms with E-state index in [4.69, 9.17) is 0 Å². The summed E-state index contributed by atoms with van der Waals surface area (Å²) in [6.07, 6.45) is 0. The Labute approximate surface area is 131 Å². The first-order valence-corrected chi connectivity index (χ1v) is 16.3. The van der Waals surface area contributed by atoms with Crippen LogP contribution < -0.4 is 9.30 Å². The zero-order chi connectivity index (χ0) is 16.6. The summed E-state index contributed by atoms with van der Waals surface area (Å²) in [5.41, 5.74) is 2.19. The van der Waals surface area contributed by atoms with E-state index < -0.39 is 24.9 Å². The van der Waals surface area contributed by atoms with E-state index in [1.807, 2.05) is 0 Å². The average Bonchev–Trinajstić information content (AvgIpc) is 2.11. The van der Waals surface area contributed by atoms with E-state index in [1.165, 1.54) is 0 Å². The van der Waals surface area contributed by atoms with Crippen molar-refractivity contribution in [3.63, 3.8) is 0 Å². The molecule has 0 aliphatic carbocycles. The maximum absolute atomic E-state index is 4.15. The van der Waals surface area contributed by atoms with Crippen molar-refractivity contribution in [1.29, 1.82) is 0 Å². The van der Waals surface area contributed by atoms with Crippen LogP contribution in [-0.4, -0.2) is 24.9 Å². The third-order valence-corrected chi connectivity index (χ3v) is 22.8. The predicted molar refractivity (Wildman–Crippen MR) is 102 cm³/mol. The van der Waals surface area contributed by atoms with E-state index >= 15 is 0 Å². The fourth-order valence-electron chi connectivity index (χ4n) is 1.81. The molecule has 0 bridgehead atoms. The van der Waals surface area contributed by atoms with Gasteiger partial charge in [-0.15, -0.1) is 6.58 Å². The van der Waals surface area contributed by atoms with Crippen LogP contribution in [0.2, 0.25) is 42.8 Å². The lowest BCUT2D eigenvalue weighted by Crippen LogP contribution is -2.75. The third kappa shape index (κ3) is 4.94. The van der Waals surface area contributed by atoms with Crippen molar-refractivity contribution in [2.75, 3.05) is 0 Å². The summed E-state index contributed by atoms with van der Waals surface area (Å²) in [7, 11) is -4.87. The average molecular weight is 331 g/mol. The largest absolute Gasteiger partial charge is 0.344 e. The van der Waals surface area contributed by atoms with E-state index in [1.54, 1.807) is 0 Å². The highest BCUT2D eigenvalue weighted by Gasteiger charge is 2.45. The summed E-state index contributed by atoms with van der Waals surface area (Å²) < 4.78 is 8.14. The van der Waals surface area contributed by atoms with Crippen LogP contribution in [0.15, 0.2) is 12.3 Å². The molecule has 0 saturated heterocycles. The lowest BCUT2D eigenvalue weighted by molar-refractivity contribution is 0.701. The van der Waals surface area contributed by atoms with Gasteiger partial charge in [0, 0.05) is 0 Å². The lowest BCUT2D eigenvalue weighted by Gasteiger charge is -2.48. The Balaban J connectivity index is 5.31. The fourth-order valence-corrected chi connectivity index (χ4v) is 16.8. The predicted octanol–water partition coefficient (Wildman–Crippen LogP) is 4.97. The monoisotopic (exact) mass is 330 g/mol. The molecule has 0 aromatic rings. The van der Waals surface area contributed by atoms with Crippen molar-refractivity contribution >= 4 is 24.9 Å². The molecule has 0 unspecified atom stereocenters. The first-order chi connectivity index (χ1) is 8.47. The van der Waals surface area contributed by atoms with Crippen LogP contribution in [0, 0.1) is 0 Å². The maximum atomic E-state index is 4.15. The molecule has 20 heavy (non-hydrogen) atoms. The first kappa shape index (κ1) is 20.3. The summed E-state index contributed by atoms with van der Waals surface area (Å²) in [6, 6.07) is 0. The minimum atomic E-state index is -1.83. The molecule has 2 N–H and O–H groups in total. The van der Waals surface area contributed by atoms with Gasteiger partial charge in [-0.2, -0.15) is 0 Å². The maximum Gasteiger partial charge on any atom is 0.210 e. The Bertz CT molecular complexity index is 321. The van der Waals surface area contributed by atoms with Crippen molar-refractivity contribution < 1.29 is 0 Å². The number of hydrogen-bond donors (Lipinski definition) is 2. The summed E-state index contributed by atoms with van der Waals surface area (Å²) in [5.74, 6) is 0. The standard InChI is InChI=1S/C15H38N2Si3/c1-13-20(12,16-18(8,9)14(2,3)4)17-19(10,11)15(5,6)7/h13,16-17H,1H2,2-12H3. The van der Waals surface area contributed by atoms with Gasteiger partial charge in [0.15, 0.2) is 0 Å². The van der Waals surface area contributed by atoms with Gasteiger partial charge < -0.3 is 9.30 Å². The second-order valence-electron chi connectivity index (χ2n) is 9.41. The van der Waals surface area contributed by atoms with Crippen molar-refractivity contribution in [2.45, 2.75) is 84.4 Å². The summed E-state index contributed by atoms with van der Waals surface area (Å²) in [6.45, 7) is 30.4. The number of nitrogens with one attached hydrogen (secondary N) is 2. The molecule has 0 aliphatic rings. The van der Waals surface area contributed by atoms with Crippen molar-refractivity contribution in [2.24, 2.45) is 0 Å². The normalized spacial score (nSPS) is 15.3. The van der Waals surface area contributed by atoms with Gasteiger partial charge >= 0.3 is 0 Å². The molecule has 0 fully saturated rings. The van der Waals surface area contributed by atoms with E-state index in [9.17, 15) is 0 Å². The van der Waals surface area contributed by atoms with E-state index in [0.717, 1.165) is 0 Å². The van der Waals surface area contributed by atoms with Crippen LogP contribution in [-0.2, 0) is 0 Å². The highest BCUT2D eigenvalue weighted by molar-refractivity contribution is 7.00. The van der Waals surface area contributed by atoms with Gasteiger partial charge in [-0.25, -0.2) is 0 Å². The Morgan fingerprint density at radius 2 is 0.950 bits per heavy atom. The van der Waals surface area contributed by atoms with Crippen LogP contribution >= 0.6 is 0 Å². The van der Waals surface area contributed by atoms with Crippen LogP contribution in [0.25, 0.3) is 0 Å². The topological polar surface area (TPSA) is 24.1 Å². The highest BCUT2D eigenvalue weighted by atomic mass is 28.4. The Hall–Kier alpha value is 0.311. The highest BCUT2D eigenvalue weighted by Crippen LogP contribution is 2.37. The summed E-state index contributed by atoms with van der Waals surface area (Å²) in [4.78, 5) is 0. The van der Waals surface area contributed by atoms with Crippen LogP contribution in [0.3, 0.4) is 0 Å². The van der Waals surface area contributed by atoms with E-state index in [2.05, 4.69) is 95.9 Å². The molecular formula is C15H38N2Si3. The molecule has 0 saturated carbocycles. The van der Waals surface area contributed by atoms with Crippen LogP contribution in [0.4, 0.5) is 0 Å². The van der Waals surface area contributed by atoms with Gasteiger partial charge in [-0.1, -0.05) is 73.4 Å². The molecule has 2 nitrogen and oxygen atoms in total. The zero-order valence-corrected chi connectivity index (χ0v) is 18.8. The Morgan fingerprint density at radius 3 is 1.10 bits per heavy atom. The van der Waals surface area contributed by atoms with Gasteiger partial charge in [0.1, 0.15) is 16.5 Å². The summed E-state index contributed by atoms with van der Waals surface area (Å²) in [5, 5.41) is 0.693. The first-order valence-electron chi connectivity index (χ1n) is 7.70. The molecule has 0 aromatic carbocycles. The SMILES string of the molecule is C=C[Si](C)(N[Si](C)(C)C(C)(C)C)N[Si](C)(C)C(C)(C)C. The molecule has 5 heteroatoms. The minimum absolute atomic E-state index is 0.347. The van der Waals surface area contributed by atoms with Gasteiger partial charge in [0.25, 0.3) is 0 Å². The van der Waals surface area contributed by atoms with E-state index in [-0.39, 0.29) is 0 Å². The summed E-state index contributed by atoms with van der Waals surface area (Å²) >= 11 is 0. The molecule has 0 radical (unpaired) electrons. The number of rotatable bonds is 5. The van der Waals surface area contributed by atoms with Crippen molar-refractivity contribution in [3.8, 4) is 0 Å². The molecule has 0 atom stereocenters. The third-order valence-electron chi connectivity index (χ3n) is 5.30. The molecule has 0 amide bonds. The smallest absolute Gasteiger partial charge is 0.210 e. The van der Waals surface area contributed by atoms with Crippen LogP contribution in [0.1, 0.15) is 41.5 Å². The van der Waals surface area contributed by atoms with Gasteiger partial charge in [-0.3, -0.25) is 0 Å². The van der Waals surface area contributed by atoms with Crippen LogP contribution in [0.5, 0.6) is 0 Å². The Kier molecular flexibility index (Phi) is 5.93. The number of hydrogen-bond acceptors (Lipinski definition) is 2. The molecule has 0 aliphatic heterocycles. The molecule has 0 rings (SSSR count). The van der Waals surface area contributed by atoms with Crippen molar-refractivity contribution in [3.05, 3.63) is 12.3 Å². The molecule has 0 aromatic heterocycles. The Morgan fingerprint density at radius 1 is 0.700 bits per heavy atom. The second kappa shape index (κ2) is 5.83. The van der Waals surface area contributed by atoms with E-state index in [0.29, 0.717) is 10.1 Å².